The van der Waals surface area contributed by atoms with Crippen molar-refractivity contribution in [3.8, 4) is 11.6 Å². The summed E-state index contributed by atoms with van der Waals surface area (Å²) in [6, 6.07) is 4.94. The quantitative estimate of drug-likeness (QED) is 0.290. The predicted molar refractivity (Wildman–Crippen MR) is 189 cm³/mol. The van der Waals surface area contributed by atoms with Gasteiger partial charge in [-0.1, -0.05) is 26.8 Å². The van der Waals surface area contributed by atoms with Gasteiger partial charge in [-0.2, -0.15) is 0 Å². The van der Waals surface area contributed by atoms with Crippen molar-refractivity contribution in [1.82, 2.24) is 25.2 Å². The molecule has 4 amide bonds. The van der Waals surface area contributed by atoms with E-state index in [1.165, 1.54) is 11.0 Å². The minimum Gasteiger partial charge on any atom is -0.497 e. The van der Waals surface area contributed by atoms with Crippen LogP contribution in [0.5, 0.6) is 11.6 Å². The van der Waals surface area contributed by atoms with E-state index in [1.54, 1.807) is 73.9 Å². The van der Waals surface area contributed by atoms with Crippen LogP contribution < -0.4 is 24.8 Å². The Balaban J connectivity index is 1.45. The van der Waals surface area contributed by atoms with Crippen molar-refractivity contribution < 1.29 is 41.8 Å². The molecule has 15 heteroatoms. The normalized spacial score (nSPS) is 24.5. The van der Waals surface area contributed by atoms with Gasteiger partial charge in [0.1, 0.15) is 35.1 Å². The third kappa shape index (κ3) is 7.92. The Hall–Kier alpha value is -4.40. The van der Waals surface area contributed by atoms with Gasteiger partial charge in [-0.25, -0.2) is 18.2 Å². The lowest BCUT2D eigenvalue weighted by molar-refractivity contribution is -0.143. The topological polar surface area (TPSA) is 182 Å². The molecule has 0 spiro atoms. The SMILES string of the molecule is C=C[C@@H]1C[C@]1(NC(=O)[C@@H]1CC(Oc2nccc3cc(OC)ccc23)CN1C(=O)[C@@H](NC(=O)OC(C)(C)C)C(C)(C)C)C(=O)NS(=O)(=O)C1(C)CC1. The monoisotopic (exact) mass is 727 g/mol. The summed E-state index contributed by atoms with van der Waals surface area (Å²) in [6.45, 7) is 15.7. The van der Waals surface area contributed by atoms with Gasteiger partial charge in [0, 0.05) is 23.9 Å². The van der Waals surface area contributed by atoms with Crippen LogP contribution in [0.25, 0.3) is 10.8 Å². The molecule has 0 radical (unpaired) electrons. The van der Waals surface area contributed by atoms with Gasteiger partial charge in [-0.15, -0.1) is 6.58 Å². The Morgan fingerprint density at radius 1 is 1.10 bits per heavy atom. The number of nitrogens with one attached hydrogen (secondary N) is 3. The molecule has 2 aliphatic carbocycles. The zero-order valence-electron chi connectivity index (χ0n) is 30.5. The summed E-state index contributed by atoms with van der Waals surface area (Å²) >= 11 is 0. The van der Waals surface area contributed by atoms with Crippen molar-refractivity contribution in [2.75, 3.05) is 13.7 Å². The number of sulfonamides is 1. The van der Waals surface area contributed by atoms with Gasteiger partial charge >= 0.3 is 6.09 Å². The van der Waals surface area contributed by atoms with Crippen molar-refractivity contribution in [1.29, 1.82) is 0 Å². The first-order chi connectivity index (χ1) is 23.6. The zero-order chi connectivity index (χ0) is 37.7. The second-order valence-corrected chi connectivity index (χ2v) is 18.2. The molecule has 3 N–H and O–H groups in total. The lowest BCUT2D eigenvalue weighted by Crippen LogP contribution is -2.60. The fraction of sp³-hybridized carbons (Fsp3) is 0.583. The Bertz CT molecular complexity index is 1850. The molecule has 1 aliphatic heterocycles. The summed E-state index contributed by atoms with van der Waals surface area (Å²) in [5.41, 5.74) is -3.21. The zero-order valence-corrected chi connectivity index (χ0v) is 31.3. The van der Waals surface area contributed by atoms with Crippen molar-refractivity contribution in [2.24, 2.45) is 11.3 Å². The fourth-order valence-corrected chi connectivity index (χ4v) is 7.55. The van der Waals surface area contributed by atoms with Gasteiger partial charge in [0.25, 0.3) is 5.91 Å². The van der Waals surface area contributed by atoms with E-state index in [0.717, 1.165) is 5.39 Å². The van der Waals surface area contributed by atoms with Crippen LogP contribution in [-0.2, 0) is 29.1 Å². The van der Waals surface area contributed by atoms with Gasteiger partial charge in [0.2, 0.25) is 27.7 Å². The van der Waals surface area contributed by atoms with E-state index in [9.17, 15) is 27.6 Å². The average Bonchev–Trinajstić information content (AvgIpc) is 3.92. The van der Waals surface area contributed by atoms with E-state index in [2.05, 4.69) is 26.9 Å². The first kappa shape index (κ1) is 37.8. The van der Waals surface area contributed by atoms with E-state index in [4.69, 9.17) is 14.2 Å². The highest BCUT2D eigenvalue weighted by molar-refractivity contribution is 7.91. The maximum absolute atomic E-state index is 14.4. The van der Waals surface area contributed by atoms with Gasteiger partial charge in [0.05, 0.1) is 18.4 Å². The molecule has 1 saturated heterocycles. The van der Waals surface area contributed by atoms with Gasteiger partial charge in [0.15, 0.2) is 0 Å². The van der Waals surface area contributed by atoms with Crippen LogP contribution in [-0.4, -0.2) is 89.8 Å². The van der Waals surface area contributed by atoms with Crippen LogP contribution in [0.1, 0.15) is 74.1 Å². The highest BCUT2D eigenvalue weighted by Gasteiger charge is 2.63. The van der Waals surface area contributed by atoms with E-state index in [-0.39, 0.29) is 25.3 Å². The third-order valence-corrected chi connectivity index (χ3v) is 11.9. The molecule has 278 valence electrons. The predicted octanol–water partition coefficient (Wildman–Crippen LogP) is 3.59. The molecule has 3 fully saturated rings. The summed E-state index contributed by atoms with van der Waals surface area (Å²) < 4.78 is 44.3. The molecule has 2 saturated carbocycles. The molecule has 5 atom stereocenters. The third-order valence-electron chi connectivity index (χ3n) is 9.72. The fourth-order valence-electron chi connectivity index (χ4n) is 6.24. The summed E-state index contributed by atoms with van der Waals surface area (Å²) in [4.78, 5) is 61.0. The average molecular weight is 728 g/mol. The number of aromatic nitrogens is 1. The summed E-state index contributed by atoms with van der Waals surface area (Å²) in [5, 5.41) is 6.98. The lowest BCUT2D eigenvalue weighted by atomic mass is 9.85. The molecule has 1 aromatic carbocycles. The van der Waals surface area contributed by atoms with Crippen molar-refractivity contribution in [3.63, 3.8) is 0 Å². The molecule has 0 bridgehead atoms. The van der Waals surface area contributed by atoms with E-state index < -0.39 is 79.2 Å². The number of rotatable bonds is 11. The number of likely N-dealkylation sites (tertiary alicyclic amines) is 1. The van der Waals surface area contributed by atoms with Gasteiger partial charge < -0.3 is 29.7 Å². The molecule has 3 aliphatic rings. The molecule has 2 aromatic rings. The number of alkyl carbamates (subject to hydrolysis) is 1. The number of benzene rings is 1. The summed E-state index contributed by atoms with van der Waals surface area (Å²) in [6.07, 6.45) is 2.56. The second kappa shape index (κ2) is 13.3. The summed E-state index contributed by atoms with van der Waals surface area (Å²) in [5.74, 6) is -1.69. The van der Waals surface area contributed by atoms with Gasteiger partial charge in [-0.05, 0) is 82.0 Å². The maximum atomic E-state index is 14.4. The Morgan fingerprint density at radius 3 is 2.35 bits per heavy atom. The van der Waals surface area contributed by atoms with Gasteiger partial charge in [-0.3, -0.25) is 19.1 Å². The molecular formula is C36H49N5O9S. The van der Waals surface area contributed by atoms with E-state index in [0.29, 0.717) is 24.0 Å². The minimum absolute atomic E-state index is 0.0158. The maximum Gasteiger partial charge on any atom is 0.408 e. The smallest absolute Gasteiger partial charge is 0.408 e. The number of amides is 4. The first-order valence-corrected chi connectivity index (χ1v) is 18.5. The molecule has 51 heavy (non-hydrogen) atoms. The number of methoxy groups -OCH3 is 1. The number of ether oxygens (including phenoxy) is 3. The van der Waals surface area contributed by atoms with Crippen LogP contribution in [0, 0.1) is 11.3 Å². The van der Waals surface area contributed by atoms with E-state index >= 15 is 0 Å². The van der Waals surface area contributed by atoms with Crippen LogP contribution in [0.15, 0.2) is 43.1 Å². The lowest BCUT2D eigenvalue weighted by Gasteiger charge is -2.36. The molecule has 1 unspecified atom stereocenters. The number of nitrogens with zero attached hydrogens (tertiary/aromatic N) is 2. The molecule has 1 aromatic heterocycles. The van der Waals surface area contributed by atoms with Crippen LogP contribution >= 0.6 is 0 Å². The van der Waals surface area contributed by atoms with Crippen LogP contribution in [0.3, 0.4) is 0 Å². The minimum atomic E-state index is -3.99. The Kier molecular flexibility index (Phi) is 9.87. The second-order valence-electron chi connectivity index (χ2n) is 16.0. The number of carbonyl (C=O) groups excluding carboxylic acids is 4. The number of fused-ring (bicyclic) bond motifs is 1. The van der Waals surface area contributed by atoms with E-state index in [1.807, 2.05) is 12.1 Å². The van der Waals surface area contributed by atoms with Crippen LogP contribution in [0.2, 0.25) is 0 Å². The standard InChI is InChI=1S/C36H49N5O9S/c1-10-22-19-36(22,31(44)40-51(46,47)35(8)14-15-35)39-28(42)26-18-24(49-29-25-12-11-23(48-9)17-21(25)13-16-37-29)20-41(26)30(43)27(33(2,3)4)38-32(45)50-34(5,6)7/h10-13,16-17,22,24,26-27H,1,14-15,18-20H2,2-9H3,(H,38,45)(H,39,42)(H,40,44)/t22-,24?,26+,27-,36-/m1/s1. The van der Waals surface area contributed by atoms with Crippen LogP contribution in [0.4, 0.5) is 4.79 Å². The molecular weight excluding hydrogens is 678 g/mol. The molecule has 5 rings (SSSR count). The largest absolute Gasteiger partial charge is 0.497 e. The van der Waals surface area contributed by atoms with Crippen molar-refractivity contribution in [3.05, 3.63) is 43.1 Å². The molecule has 14 nitrogen and oxygen atoms in total. The number of carbonyl (C=O) groups is 4. The van der Waals surface area contributed by atoms with Crippen molar-refractivity contribution >= 4 is 44.6 Å². The molecule has 2 heterocycles. The highest BCUT2D eigenvalue weighted by Crippen LogP contribution is 2.47. The Morgan fingerprint density at radius 2 is 1.78 bits per heavy atom. The highest BCUT2D eigenvalue weighted by atomic mass is 32.2. The number of pyridine rings is 1. The Labute approximate surface area is 299 Å². The number of hydrogen-bond acceptors (Lipinski definition) is 10. The summed E-state index contributed by atoms with van der Waals surface area (Å²) in [7, 11) is -2.43. The van der Waals surface area contributed by atoms with Crippen molar-refractivity contribution in [2.45, 2.75) is 108 Å². The number of hydrogen-bond donors (Lipinski definition) is 3. The first-order valence-electron chi connectivity index (χ1n) is 17.0.